The molecule has 21 heavy (non-hydrogen) atoms. The second-order valence-corrected chi connectivity index (χ2v) is 4.10. The van der Waals surface area contributed by atoms with Crippen molar-refractivity contribution in [3.8, 4) is 11.1 Å². The lowest BCUT2D eigenvalue weighted by Gasteiger charge is -2.09. The van der Waals surface area contributed by atoms with Gasteiger partial charge >= 0.3 is 0 Å². The van der Waals surface area contributed by atoms with Crippen molar-refractivity contribution >= 4 is 11.0 Å². The van der Waals surface area contributed by atoms with Crippen LogP contribution in [-0.4, -0.2) is 15.0 Å². The van der Waals surface area contributed by atoms with Crippen molar-refractivity contribution in [2.75, 3.05) is 0 Å². The third-order valence-electron chi connectivity index (χ3n) is 2.81. The van der Waals surface area contributed by atoms with Gasteiger partial charge in [-0.15, -0.1) is 0 Å². The van der Waals surface area contributed by atoms with Crippen molar-refractivity contribution < 1.29 is 22.0 Å². The number of hydrogen-bond acceptors (Lipinski definition) is 3. The molecule has 0 fully saturated rings. The molecule has 0 saturated carbocycles. The van der Waals surface area contributed by atoms with Gasteiger partial charge in [0.25, 0.3) is 0 Å². The maximum absolute atomic E-state index is 14.3. The number of halogens is 5. The summed E-state index contributed by atoms with van der Waals surface area (Å²) >= 11 is 0. The lowest BCUT2D eigenvalue weighted by Crippen LogP contribution is -2.02. The van der Waals surface area contributed by atoms with Crippen molar-refractivity contribution in [2.45, 2.75) is 0 Å². The van der Waals surface area contributed by atoms with Crippen LogP contribution in [0.2, 0.25) is 0 Å². The Morgan fingerprint density at radius 2 is 1.52 bits per heavy atom. The highest BCUT2D eigenvalue weighted by atomic mass is 19.2. The Kier molecular flexibility index (Phi) is 3.00. The van der Waals surface area contributed by atoms with Crippen molar-refractivity contribution in [3.05, 3.63) is 53.9 Å². The lowest BCUT2D eigenvalue weighted by atomic mass is 10.0. The molecule has 1 aromatic carbocycles. The number of fused-ring (bicyclic) bond motifs is 1. The maximum Gasteiger partial charge on any atom is 0.226 e. The Morgan fingerprint density at radius 3 is 2.19 bits per heavy atom. The summed E-state index contributed by atoms with van der Waals surface area (Å²) in [6.45, 7) is 0. The zero-order chi connectivity index (χ0) is 15.1. The van der Waals surface area contributed by atoms with Gasteiger partial charge in [-0.2, -0.15) is 9.37 Å². The van der Waals surface area contributed by atoms with Crippen LogP contribution in [0.4, 0.5) is 22.0 Å². The Balaban J connectivity index is 2.41. The SMILES string of the molecule is Fc1cc(F)c(-c2c(F)nc3ncncc3c2F)c(F)c1. The predicted molar refractivity (Wildman–Crippen MR) is 62.6 cm³/mol. The fraction of sp³-hybridized carbons (Fsp3) is 0. The first-order valence-corrected chi connectivity index (χ1v) is 5.58. The highest BCUT2D eigenvalue weighted by Crippen LogP contribution is 2.33. The molecule has 0 aliphatic heterocycles. The molecule has 3 nitrogen and oxygen atoms in total. The largest absolute Gasteiger partial charge is 0.244 e. The minimum absolute atomic E-state index is 0.299. The van der Waals surface area contributed by atoms with E-state index in [-0.39, 0.29) is 11.0 Å². The summed E-state index contributed by atoms with van der Waals surface area (Å²) in [5.74, 6) is -6.82. The molecule has 2 aromatic heterocycles. The lowest BCUT2D eigenvalue weighted by molar-refractivity contribution is 0.533. The van der Waals surface area contributed by atoms with Crippen molar-refractivity contribution in [1.29, 1.82) is 0 Å². The summed E-state index contributed by atoms with van der Waals surface area (Å²) in [4.78, 5) is 10.4. The highest BCUT2D eigenvalue weighted by molar-refractivity contribution is 5.81. The van der Waals surface area contributed by atoms with Crippen LogP contribution in [0.3, 0.4) is 0 Å². The molecule has 8 heteroatoms. The Morgan fingerprint density at radius 1 is 0.857 bits per heavy atom. The zero-order valence-corrected chi connectivity index (χ0v) is 10.0. The molecule has 3 rings (SSSR count). The van der Waals surface area contributed by atoms with Gasteiger partial charge in [-0.3, -0.25) is 0 Å². The summed E-state index contributed by atoms with van der Waals surface area (Å²) in [5.41, 5.74) is -2.37. The first-order valence-electron chi connectivity index (χ1n) is 5.58. The Labute approximate surface area is 114 Å². The molecule has 0 N–H and O–H groups in total. The first kappa shape index (κ1) is 13.3. The Hall–Kier alpha value is -2.64. The van der Waals surface area contributed by atoms with Crippen LogP contribution in [0.15, 0.2) is 24.7 Å². The van der Waals surface area contributed by atoms with E-state index in [0.717, 1.165) is 12.5 Å². The monoisotopic (exact) mass is 297 g/mol. The molecule has 0 unspecified atom stereocenters. The fourth-order valence-electron chi connectivity index (χ4n) is 1.94. The van der Waals surface area contributed by atoms with Gasteiger partial charge in [0.15, 0.2) is 5.65 Å². The van der Waals surface area contributed by atoms with Gasteiger partial charge in [0.1, 0.15) is 29.6 Å². The average molecular weight is 297 g/mol. The van der Waals surface area contributed by atoms with Crippen LogP contribution in [0.1, 0.15) is 0 Å². The van der Waals surface area contributed by atoms with Gasteiger partial charge in [-0.25, -0.2) is 27.5 Å². The van der Waals surface area contributed by atoms with E-state index in [1.54, 1.807) is 0 Å². The van der Waals surface area contributed by atoms with Crippen LogP contribution in [0.5, 0.6) is 0 Å². The molecule has 0 bridgehead atoms. The summed E-state index contributed by atoms with van der Waals surface area (Å²) in [5, 5.41) is -0.308. The molecule has 0 saturated heterocycles. The minimum atomic E-state index is -1.46. The van der Waals surface area contributed by atoms with E-state index in [1.165, 1.54) is 0 Å². The van der Waals surface area contributed by atoms with E-state index < -0.39 is 40.3 Å². The van der Waals surface area contributed by atoms with Crippen LogP contribution < -0.4 is 0 Å². The number of pyridine rings is 1. The second-order valence-electron chi connectivity index (χ2n) is 4.10. The van der Waals surface area contributed by atoms with Gasteiger partial charge in [0, 0.05) is 18.3 Å². The summed E-state index contributed by atoms with van der Waals surface area (Å²) in [7, 11) is 0. The molecule has 2 heterocycles. The third kappa shape index (κ3) is 2.08. The summed E-state index contributed by atoms with van der Waals surface area (Å²) in [6.07, 6.45) is 2.01. The third-order valence-corrected chi connectivity index (χ3v) is 2.81. The molecule has 3 aromatic rings. The van der Waals surface area contributed by atoms with Crippen LogP contribution in [0, 0.1) is 29.2 Å². The second kappa shape index (κ2) is 4.72. The van der Waals surface area contributed by atoms with E-state index in [2.05, 4.69) is 15.0 Å². The molecule has 0 spiro atoms. The van der Waals surface area contributed by atoms with Gasteiger partial charge in [0.2, 0.25) is 5.95 Å². The average Bonchev–Trinajstić information content (AvgIpc) is 2.41. The van der Waals surface area contributed by atoms with Crippen LogP contribution >= 0.6 is 0 Å². The van der Waals surface area contributed by atoms with Crippen LogP contribution in [0.25, 0.3) is 22.2 Å². The number of nitrogens with zero attached hydrogens (tertiary/aromatic N) is 3. The smallest absolute Gasteiger partial charge is 0.226 e. The topological polar surface area (TPSA) is 38.7 Å². The molecular weight excluding hydrogens is 293 g/mol. The number of hydrogen-bond donors (Lipinski definition) is 0. The number of aromatic nitrogens is 3. The quantitative estimate of drug-likeness (QED) is 0.510. The van der Waals surface area contributed by atoms with Gasteiger partial charge in [0.05, 0.1) is 16.5 Å². The standard InChI is InChI=1S/C13H4F5N3/c14-5-1-7(15)9(8(16)2-5)10-11(17)6-3-19-4-20-13(6)21-12(10)18/h1-4H. The maximum atomic E-state index is 14.3. The summed E-state index contributed by atoms with van der Waals surface area (Å²) < 4.78 is 68.4. The van der Waals surface area contributed by atoms with Crippen molar-refractivity contribution in [2.24, 2.45) is 0 Å². The van der Waals surface area contributed by atoms with Crippen LogP contribution in [-0.2, 0) is 0 Å². The van der Waals surface area contributed by atoms with Gasteiger partial charge < -0.3 is 0 Å². The normalized spacial score (nSPS) is 11.1. The zero-order valence-electron chi connectivity index (χ0n) is 10.0. The molecule has 0 aliphatic carbocycles. The molecule has 0 atom stereocenters. The highest BCUT2D eigenvalue weighted by Gasteiger charge is 2.24. The van der Waals surface area contributed by atoms with Gasteiger partial charge in [-0.1, -0.05) is 0 Å². The first-order chi connectivity index (χ1) is 9.99. The molecule has 0 aliphatic rings. The van der Waals surface area contributed by atoms with Crippen molar-refractivity contribution in [1.82, 2.24) is 15.0 Å². The molecule has 0 radical (unpaired) electrons. The number of rotatable bonds is 1. The van der Waals surface area contributed by atoms with E-state index in [1.807, 2.05) is 0 Å². The van der Waals surface area contributed by atoms with E-state index in [4.69, 9.17) is 0 Å². The van der Waals surface area contributed by atoms with Gasteiger partial charge in [-0.05, 0) is 0 Å². The molecule has 0 amide bonds. The minimum Gasteiger partial charge on any atom is -0.244 e. The molecule has 106 valence electrons. The summed E-state index contributed by atoms with van der Waals surface area (Å²) in [6, 6.07) is 0.645. The van der Waals surface area contributed by atoms with E-state index >= 15 is 0 Å². The number of benzene rings is 1. The van der Waals surface area contributed by atoms with E-state index in [0.29, 0.717) is 12.1 Å². The van der Waals surface area contributed by atoms with E-state index in [9.17, 15) is 22.0 Å². The molecular formula is C13H4F5N3. The fourth-order valence-corrected chi connectivity index (χ4v) is 1.94. The van der Waals surface area contributed by atoms with Crippen molar-refractivity contribution in [3.63, 3.8) is 0 Å². The Bertz CT molecular complexity index is 843. The predicted octanol–water partition coefficient (Wildman–Crippen LogP) is 3.39.